The highest BCUT2D eigenvalue weighted by molar-refractivity contribution is 5.87. The summed E-state index contributed by atoms with van der Waals surface area (Å²) in [5, 5.41) is 1.20. The summed E-state index contributed by atoms with van der Waals surface area (Å²) >= 11 is 0. The van der Waals surface area contributed by atoms with Gasteiger partial charge in [0.15, 0.2) is 5.69 Å². The van der Waals surface area contributed by atoms with Crippen molar-refractivity contribution in [1.29, 1.82) is 0 Å². The predicted octanol–water partition coefficient (Wildman–Crippen LogP) is 2.52. The van der Waals surface area contributed by atoms with Crippen LogP contribution < -0.4 is 4.90 Å². The van der Waals surface area contributed by atoms with Gasteiger partial charge in [-0.2, -0.15) is 0 Å². The Morgan fingerprint density at radius 3 is 2.88 bits per heavy atom. The third kappa shape index (κ3) is 2.93. The van der Waals surface area contributed by atoms with Gasteiger partial charge in [-0.1, -0.05) is 0 Å². The van der Waals surface area contributed by atoms with E-state index in [4.69, 9.17) is 4.74 Å². The Hall–Kier alpha value is -2.96. The van der Waals surface area contributed by atoms with Gasteiger partial charge in [0.2, 0.25) is 5.95 Å². The molecule has 3 aromatic rings. The van der Waals surface area contributed by atoms with E-state index in [-0.39, 0.29) is 5.69 Å². The molecule has 0 aliphatic carbocycles. The van der Waals surface area contributed by atoms with Crippen molar-refractivity contribution in [2.45, 2.75) is 18.8 Å². The highest BCUT2D eigenvalue weighted by atomic mass is 16.5. The molecule has 1 N–H and O–H groups in total. The van der Waals surface area contributed by atoms with Crippen LogP contribution in [0.15, 0.2) is 36.8 Å². The van der Waals surface area contributed by atoms with Gasteiger partial charge in [-0.3, -0.25) is 0 Å². The number of hydrogen-bond donors (Lipinski definition) is 1. The fourth-order valence-corrected chi connectivity index (χ4v) is 3.42. The number of anilines is 1. The molecule has 3 aromatic heterocycles. The van der Waals surface area contributed by atoms with Gasteiger partial charge >= 0.3 is 5.97 Å². The van der Waals surface area contributed by atoms with Gasteiger partial charge in [0.1, 0.15) is 5.65 Å². The van der Waals surface area contributed by atoms with Crippen molar-refractivity contribution in [3.63, 3.8) is 0 Å². The molecule has 1 fully saturated rings. The molecule has 1 aliphatic rings. The third-order valence-electron chi connectivity index (χ3n) is 4.74. The van der Waals surface area contributed by atoms with Crippen LogP contribution in [0.2, 0.25) is 0 Å². The van der Waals surface area contributed by atoms with E-state index in [0.29, 0.717) is 11.9 Å². The molecule has 128 valence electrons. The van der Waals surface area contributed by atoms with Crippen molar-refractivity contribution >= 4 is 23.0 Å². The summed E-state index contributed by atoms with van der Waals surface area (Å²) in [6, 6.07) is 5.66. The van der Waals surface area contributed by atoms with Gasteiger partial charge < -0.3 is 14.6 Å². The number of carbonyl (C=O) groups excluding carboxylic acids is 1. The summed E-state index contributed by atoms with van der Waals surface area (Å²) in [7, 11) is 1.35. The third-order valence-corrected chi connectivity index (χ3v) is 4.74. The maximum atomic E-state index is 11.6. The van der Waals surface area contributed by atoms with Crippen molar-refractivity contribution in [2.75, 3.05) is 25.1 Å². The molecule has 4 heterocycles. The Kier molecular flexibility index (Phi) is 4.05. The number of piperidine rings is 1. The van der Waals surface area contributed by atoms with Gasteiger partial charge in [0.05, 0.1) is 7.11 Å². The fraction of sp³-hybridized carbons (Fsp3) is 0.333. The van der Waals surface area contributed by atoms with Gasteiger partial charge in [0.25, 0.3) is 0 Å². The Labute approximate surface area is 145 Å². The monoisotopic (exact) mass is 337 g/mol. The maximum Gasteiger partial charge on any atom is 0.356 e. The van der Waals surface area contributed by atoms with Crippen LogP contribution in [0.5, 0.6) is 0 Å². The molecule has 0 amide bonds. The number of aromatic amines is 1. The zero-order valence-electron chi connectivity index (χ0n) is 14.0. The molecule has 1 saturated heterocycles. The maximum absolute atomic E-state index is 11.6. The fourth-order valence-electron chi connectivity index (χ4n) is 3.42. The van der Waals surface area contributed by atoms with Gasteiger partial charge in [-0.05, 0) is 42.5 Å². The zero-order valence-corrected chi connectivity index (χ0v) is 14.0. The van der Waals surface area contributed by atoms with E-state index in [1.54, 1.807) is 18.5 Å². The summed E-state index contributed by atoms with van der Waals surface area (Å²) in [4.78, 5) is 30.0. The number of esters is 1. The van der Waals surface area contributed by atoms with Crippen LogP contribution in [0, 0.1) is 0 Å². The molecule has 25 heavy (non-hydrogen) atoms. The molecular weight excluding hydrogens is 318 g/mol. The van der Waals surface area contributed by atoms with Crippen LogP contribution in [-0.4, -0.2) is 46.1 Å². The average molecular weight is 337 g/mol. The number of pyridine rings is 1. The van der Waals surface area contributed by atoms with Gasteiger partial charge in [-0.15, -0.1) is 0 Å². The number of hydrogen-bond acceptors (Lipinski definition) is 6. The molecule has 7 heteroatoms. The lowest BCUT2D eigenvalue weighted by molar-refractivity contribution is 0.0594. The quantitative estimate of drug-likeness (QED) is 0.739. The molecule has 0 atom stereocenters. The summed E-state index contributed by atoms with van der Waals surface area (Å²) < 4.78 is 4.73. The predicted molar refractivity (Wildman–Crippen MR) is 93.7 cm³/mol. The van der Waals surface area contributed by atoms with Crippen molar-refractivity contribution < 1.29 is 9.53 Å². The Bertz CT molecular complexity index is 899. The molecule has 0 saturated carbocycles. The SMILES string of the molecule is COC(=O)c1ccnc(N2CCC(c3c[nH]c4ncccc34)CC2)n1. The largest absolute Gasteiger partial charge is 0.464 e. The molecular formula is C18H19N5O2. The van der Waals surface area contributed by atoms with Crippen molar-refractivity contribution in [2.24, 2.45) is 0 Å². The number of nitrogens with zero attached hydrogens (tertiary/aromatic N) is 4. The number of aromatic nitrogens is 4. The number of ether oxygens (including phenoxy) is 1. The summed E-state index contributed by atoms with van der Waals surface area (Å²) in [5.41, 5.74) is 2.55. The van der Waals surface area contributed by atoms with Crippen LogP contribution in [0.3, 0.4) is 0 Å². The molecule has 1 aliphatic heterocycles. The van der Waals surface area contributed by atoms with Crippen molar-refractivity contribution in [3.05, 3.63) is 48.0 Å². The summed E-state index contributed by atoms with van der Waals surface area (Å²) in [6.45, 7) is 1.70. The smallest absolute Gasteiger partial charge is 0.356 e. The Morgan fingerprint density at radius 2 is 2.08 bits per heavy atom. The van der Waals surface area contributed by atoms with Crippen LogP contribution in [0.1, 0.15) is 34.8 Å². The van der Waals surface area contributed by atoms with E-state index >= 15 is 0 Å². The number of methoxy groups -OCH3 is 1. The van der Waals surface area contributed by atoms with E-state index in [1.807, 2.05) is 6.07 Å². The first kappa shape index (κ1) is 15.6. The molecule has 0 unspecified atom stereocenters. The molecule has 0 aromatic carbocycles. The number of rotatable bonds is 3. The number of H-pyrrole nitrogens is 1. The molecule has 0 spiro atoms. The number of nitrogens with one attached hydrogen (secondary N) is 1. The van der Waals surface area contributed by atoms with E-state index in [0.717, 1.165) is 31.6 Å². The summed E-state index contributed by atoms with van der Waals surface area (Å²) in [6.07, 6.45) is 7.50. The lowest BCUT2D eigenvalue weighted by atomic mass is 9.89. The minimum absolute atomic E-state index is 0.289. The van der Waals surface area contributed by atoms with E-state index in [2.05, 4.69) is 37.1 Å². The topological polar surface area (TPSA) is 84.0 Å². The van der Waals surface area contributed by atoms with Gasteiger partial charge in [-0.25, -0.2) is 19.7 Å². The van der Waals surface area contributed by atoms with Crippen molar-refractivity contribution in [1.82, 2.24) is 19.9 Å². The van der Waals surface area contributed by atoms with Gasteiger partial charge in [0, 0.05) is 37.1 Å². The lowest BCUT2D eigenvalue weighted by Crippen LogP contribution is -2.34. The van der Waals surface area contributed by atoms with E-state index in [1.165, 1.54) is 18.1 Å². The molecule has 4 rings (SSSR count). The second-order valence-electron chi connectivity index (χ2n) is 6.14. The van der Waals surface area contributed by atoms with Crippen LogP contribution >= 0.6 is 0 Å². The van der Waals surface area contributed by atoms with E-state index < -0.39 is 5.97 Å². The second-order valence-corrected chi connectivity index (χ2v) is 6.14. The first-order valence-electron chi connectivity index (χ1n) is 8.34. The van der Waals surface area contributed by atoms with Crippen LogP contribution in [0.4, 0.5) is 5.95 Å². The number of carbonyl (C=O) groups is 1. The zero-order chi connectivity index (χ0) is 17.2. The second kappa shape index (κ2) is 6.51. The molecule has 7 nitrogen and oxygen atoms in total. The van der Waals surface area contributed by atoms with Crippen LogP contribution in [0.25, 0.3) is 11.0 Å². The minimum Gasteiger partial charge on any atom is -0.464 e. The highest BCUT2D eigenvalue weighted by Crippen LogP contribution is 2.33. The van der Waals surface area contributed by atoms with E-state index in [9.17, 15) is 4.79 Å². The Balaban J connectivity index is 1.49. The number of fused-ring (bicyclic) bond motifs is 1. The Morgan fingerprint density at radius 1 is 1.24 bits per heavy atom. The van der Waals surface area contributed by atoms with Crippen molar-refractivity contribution in [3.8, 4) is 0 Å². The average Bonchev–Trinajstić information content (AvgIpc) is 3.12. The first-order chi connectivity index (χ1) is 12.3. The lowest BCUT2D eigenvalue weighted by Gasteiger charge is -2.32. The highest BCUT2D eigenvalue weighted by Gasteiger charge is 2.24. The molecule has 0 bridgehead atoms. The minimum atomic E-state index is -0.440. The normalized spacial score (nSPS) is 15.5. The molecule has 0 radical (unpaired) electrons. The first-order valence-corrected chi connectivity index (χ1v) is 8.34. The summed E-state index contributed by atoms with van der Waals surface area (Å²) in [5.74, 6) is 0.629. The standard InChI is InChI=1S/C18H19N5O2/c1-25-17(24)15-4-8-20-18(22-15)23-9-5-12(6-10-23)14-11-21-16-13(14)3-2-7-19-16/h2-4,7-8,11-12H,5-6,9-10H2,1H3,(H,19,21). The van der Waals surface area contributed by atoms with Crippen LogP contribution in [-0.2, 0) is 4.74 Å².